The van der Waals surface area contributed by atoms with Crippen molar-refractivity contribution in [2.24, 2.45) is 0 Å². The lowest BCUT2D eigenvalue weighted by atomic mass is 9.94. The fourth-order valence-corrected chi connectivity index (χ4v) is 0.596. The minimum absolute atomic E-state index is 0.741. The molecule has 0 amide bonds. The highest BCUT2D eigenvalue weighted by molar-refractivity contribution is 4.92. The van der Waals surface area contributed by atoms with Gasteiger partial charge in [-0.25, -0.2) is 0 Å². The molecule has 1 unspecified atom stereocenters. The van der Waals surface area contributed by atoms with Crippen molar-refractivity contribution in [3.05, 3.63) is 6.42 Å². The van der Waals surface area contributed by atoms with Crippen molar-refractivity contribution >= 4 is 0 Å². The average molecular weight is 84.1 g/mol. The van der Waals surface area contributed by atoms with Crippen molar-refractivity contribution in [2.45, 2.75) is 18.9 Å². The molecule has 0 spiro atoms. The van der Waals surface area contributed by atoms with Crippen molar-refractivity contribution in [3.8, 4) is 0 Å². The number of hydrogen-bond acceptors (Lipinski definition) is 1. The van der Waals surface area contributed by atoms with Gasteiger partial charge in [0.25, 0.3) is 0 Å². The van der Waals surface area contributed by atoms with Gasteiger partial charge >= 0.3 is 0 Å². The first kappa shape index (κ1) is 4.13. The van der Waals surface area contributed by atoms with E-state index in [4.69, 9.17) is 0 Å². The van der Waals surface area contributed by atoms with Gasteiger partial charge in [0.2, 0.25) is 0 Å². The SMILES string of the molecule is CNC1[CH]CC1. The summed E-state index contributed by atoms with van der Waals surface area (Å²) in [5.74, 6) is 0. The Kier molecular flexibility index (Phi) is 1.10. The Morgan fingerprint density at radius 2 is 2.50 bits per heavy atom. The molecule has 1 N–H and O–H groups in total. The molecule has 6 heavy (non-hydrogen) atoms. The fourth-order valence-electron chi connectivity index (χ4n) is 0.596. The van der Waals surface area contributed by atoms with E-state index in [1.54, 1.807) is 0 Å². The van der Waals surface area contributed by atoms with E-state index >= 15 is 0 Å². The topological polar surface area (TPSA) is 12.0 Å². The first-order chi connectivity index (χ1) is 2.93. The van der Waals surface area contributed by atoms with E-state index in [2.05, 4.69) is 11.7 Å². The van der Waals surface area contributed by atoms with Gasteiger partial charge in [0, 0.05) is 6.04 Å². The van der Waals surface area contributed by atoms with Crippen LogP contribution in [0.3, 0.4) is 0 Å². The molecule has 1 radical (unpaired) electrons. The van der Waals surface area contributed by atoms with Crippen LogP contribution in [0.2, 0.25) is 0 Å². The summed E-state index contributed by atoms with van der Waals surface area (Å²) in [6.07, 6.45) is 4.95. The molecule has 1 fully saturated rings. The molecule has 0 aliphatic heterocycles. The van der Waals surface area contributed by atoms with Crippen LogP contribution in [0.15, 0.2) is 0 Å². The maximum absolute atomic E-state index is 3.15. The van der Waals surface area contributed by atoms with Gasteiger partial charge in [-0.2, -0.15) is 0 Å². The lowest BCUT2D eigenvalue weighted by Gasteiger charge is -2.23. The summed E-state index contributed by atoms with van der Waals surface area (Å²) in [5, 5.41) is 3.15. The highest BCUT2D eigenvalue weighted by Crippen LogP contribution is 2.15. The Labute approximate surface area is 38.7 Å². The monoisotopic (exact) mass is 84.1 g/mol. The van der Waals surface area contributed by atoms with Gasteiger partial charge in [0.1, 0.15) is 0 Å². The van der Waals surface area contributed by atoms with E-state index in [9.17, 15) is 0 Å². The zero-order valence-electron chi connectivity index (χ0n) is 4.07. The van der Waals surface area contributed by atoms with Gasteiger partial charge in [-0.3, -0.25) is 0 Å². The zero-order chi connectivity index (χ0) is 4.41. The molecule has 0 heterocycles. The Bertz CT molecular complexity index is 36.4. The van der Waals surface area contributed by atoms with Crippen LogP contribution in [0.4, 0.5) is 0 Å². The third kappa shape index (κ3) is 0.548. The normalized spacial score (nSPS) is 23.5. The fraction of sp³-hybridized carbons (Fsp3) is 0.800. The molecule has 0 aromatic carbocycles. The molecule has 0 aromatic rings. The Hall–Kier alpha value is -0.0400. The molecule has 1 aliphatic rings. The molecule has 1 heteroatoms. The molecule has 1 atom stereocenters. The molecular formula is C5H10N. The Balaban J connectivity index is 2.01. The number of hydrogen-bond donors (Lipinski definition) is 1. The first-order valence-electron chi connectivity index (χ1n) is 2.44. The molecule has 0 aromatic heterocycles. The molecule has 0 saturated heterocycles. The largest absolute Gasteiger partial charge is 0.317 e. The van der Waals surface area contributed by atoms with Gasteiger partial charge in [-0.1, -0.05) is 0 Å². The van der Waals surface area contributed by atoms with Crippen molar-refractivity contribution in [2.75, 3.05) is 7.05 Å². The number of nitrogens with one attached hydrogen (secondary N) is 1. The van der Waals surface area contributed by atoms with E-state index in [0.29, 0.717) is 0 Å². The van der Waals surface area contributed by atoms with Crippen LogP contribution in [-0.2, 0) is 0 Å². The third-order valence-electron chi connectivity index (χ3n) is 1.30. The second-order valence-corrected chi connectivity index (χ2v) is 1.71. The summed E-state index contributed by atoms with van der Waals surface area (Å²) in [7, 11) is 2.00. The third-order valence-corrected chi connectivity index (χ3v) is 1.30. The standard InChI is InChI=1S/C5H10N/c1-6-5-3-2-4-5/h3,5-6H,2,4H2,1H3. The van der Waals surface area contributed by atoms with Crippen molar-refractivity contribution in [1.29, 1.82) is 0 Å². The van der Waals surface area contributed by atoms with Gasteiger partial charge in [-0.15, -0.1) is 0 Å². The van der Waals surface area contributed by atoms with Gasteiger partial charge < -0.3 is 5.32 Å². The Morgan fingerprint density at radius 1 is 1.83 bits per heavy atom. The molecule has 0 bridgehead atoms. The van der Waals surface area contributed by atoms with Crippen molar-refractivity contribution < 1.29 is 0 Å². The molecule has 1 rings (SSSR count). The lowest BCUT2D eigenvalue weighted by molar-refractivity contribution is 0.472. The summed E-state index contributed by atoms with van der Waals surface area (Å²) >= 11 is 0. The van der Waals surface area contributed by atoms with E-state index in [1.165, 1.54) is 12.8 Å². The Morgan fingerprint density at radius 3 is 2.50 bits per heavy atom. The van der Waals surface area contributed by atoms with Crippen molar-refractivity contribution in [1.82, 2.24) is 5.32 Å². The molecular weight excluding hydrogens is 74.1 g/mol. The van der Waals surface area contributed by atoms with Crippen LogP contribution in [-0.4, -0.2) is 13.1 Å². The highest BCUT2D eigenvalue weighted by Gasteiger charge is 2.13. The quantitative estimate of drug-likeness (QED) is 0.490. The van der Waals surface area contributed by atoms with Gasteiger partial charge in [0.15, 0.2) is 0 Å². The van der Waals surface area contributed by atoms with Crippen LogP contribution >= 0.6 is 0 Å². The van der Waals surface area contributed by atoms with Crippen LogP contribution in [0.1, 0.15) is 12.8 Å². The average Bonchev–Trinajstić information content (AvgIpc) is 1.31. The maximum Gasteiger partial charge on any atom is 0.00956 e. The van der Waals surface area contributed by atoms with Crippen LogP contribution < -0.4 is 5.32 Å². The summed E-state index contributed by atoms with van der Waals surface area (Å²) in [6.45, 7) is 0. The minimum atomic E-state index is 0.741. The van der Waals surface area contributed by atoms with Crippen LogP contribution in [0, 0.1) is 6.42 Å². The first-order valence-corrected chi connectivity index (χ1v) is 2.44. The summed E-state index contributed by atoms with van der Waals surface area (Å²) in [6, 6.07) is 0.741. The predicted octanol–water partition coefficient (Wildman–Crippen LogP) is 0.572. The van der Waals surface area contributed by atoms with Crippen LogP contribution in [0.5, 0.6) is 0 Å². The van der Waals surface area contributed by atoms with Gasteiger partial charge in [0.05, 0.1) is 0 Å². The highest BCUT2D eigenvalue weighted by atomic mass is 14.9. The lowest BCUT2D eigenvalue weighted by Crippen LogP contribution is -2.32. The van der Waals surface area contributed by atoms with Crippen LogP contribution in [0.25, 0.3) is 0 Å². The second-order valence-electron chi connectivity index (χ2n) is 1.71. The minimum Gasteiger partial charge on any atom is -0.317 e. The predicted molar refractivity (Wildman–Crippen MR) is 26.4 cm³/mol. The summed E-state index contributed by atoms with van der Waals surface area (Å²) in [4.78, 5) is 0. The molecule has 35 valence electrons. The van der Waals surface area contributed by atoms with E-state index < -0.39 is 0 Å². The van der Waals surface area contributed by atoms with E-state index in [-0.39, 0.29) is 0 Å². The van der Waals surface area contributed by atoms with E-state index in [0.717, 1.165) is 6.04 Å². The summed E-state index contributed by atoms with van der Waals surface area (Å²) in [5.41, 5.74) is 0. The molecule has 1 nitrogen and oxygen atoms in total. The second kappa shape index (κ2) is 1.61. The molecule has 1 saturated carbocycles. The summed E-state index contributed by atoms with van der Waals surface area (Å²) < 4.78 is 0. The van der Waals surface area contributed by atoms with E-state index in [1.807, 2.05) is 7.05 Å². The zero-order valence-corrected chi connectivity index (χ0v) is 4.07. The number of rotatable bonds is 1. The van der Waals surface area contributed by atoms with Gasteiger partial charge in [-0.05, 0) is 26.3 Å². The maximum atomic E-state index is 3.15. The van der Waals surface area contributed by atoms with Crippen molar-refractivity contribution in [3.63, 3.8) is 0 Å². The smallest absolute Gasteiger partial charge is 0.00956 e. The molecule has 1 aliphatic carbocycles.